The lowest BCUT2D eigenvalue weighted by molar-refractivity contribution is 0.0508. The molecule has 2 N–H and O–H groups in total. The van der Waals surface area contributed by atoms with E-state index in [2.05, 4.69) is 25.6 Å². The van der Waals surface area contributed by atoms with Crippen molar-refractivity contribution < 1.29 is 26.7 Å². The Morgan fingerprint density at radius 1 is 1.10 bits per heavy atom. The molecule has 2 aromatic heterocycles. The minimum absolute atomic E-state index is 0.0739. The molecule has 1 aliphatic heterocycles. The Morgan fingerprint density at radius 3 is 2.46 bits per heavy atom. The first-order chi connectivity index (χ1) is 19.3. The highest BCUT2D eigenvalue weighted by Crippen LogP contribution is 2.33. The molecule has 0 bridgehead atoms. The number of rotatable bonds is 7. The highest BCUT2D eigenvalue weighted by atomic mass is 32.2. The van der Waals surface area contributed by atoms with Gasteiger partial charge in [0.15, 0.2) is 5.82 Å². The Morgan fingerprint density at radius 2 is 1.80 bits per heavy atom. The van der Waals surface area contributed by atoms with Crippen LogP contribution in [0.5, 0.6) is 0 Å². The topological polar surface area (TPSA) is 126 Å². The van der Waals surface area contributed by atoms with Gasteiger partial charge >= 0.3 is 6.09 Å². The van der Waals surface area contributed by atoms with Gasteiger partial charge in [0.1, 0.15) is 22.6 Å². The van der Waals surface area contributed by atoms with Crippen LogP contribution < -0.4 is 10.6 Å². The van der Waals surface area contributed by atoms with Crippen LogP contribution in [0.1, 0.15) is 65.0 Å². The maximum atomic E-state index is 15.3. The van der Waals surface area contributed by atoms with Crippen LogP contribution in [-0.4, -0.2) is 63.8 Å². The van der Waals surface area contributed by atoms with Crippen molar-refractivity contribution in [2.75, 3.05) is 18.4 Å². The van der Waals surface area contributed by atoms with Gasteiger partial charge in [-0.25, -0.2) is 36.3 Å². The Balaban J connectivity index is 1.37. The predicted octanol–water partition coefficient (Wildman–Crippen LogP) is 4.92. The number of nitrogens with one attached hydrogen (secondary N) is 2. The number of hydrogen-bond acceptors (Lipinski definition) is 8. The zero-order chi connectivity index (χ0) is 29.5. The van der Waals surface area contributed by atoms with Gasteiger partial charge in [0.25, 0.3) is 0 Å². The van der Waals surface area contributed by atoms with Crippen LogP contribution in [0.15, 0.2) is 30.6 Å². The van der Waals surface area contributed by atoms with Gasteiger partial charge in [0.05, 0.1) is 17.5 Å². The lowest BCUT2D eigenvalue weighted by atomic mass is 9.99. The summed E-state index contributed by atoms with van der Waals surface area (Å²) in [6.45, 7) is 7.78. The SMILES string of the molecule is CC(NC(=O)OC(C)(C)C)c1ccnc2c(F)cc(-c3nc(NC4CCN(S(=O)(=O)C5CC5)CC4)ncc3F)cc12. The number of carbonyl (C=O) groups is 1. The summed E-state index contributed by atoms with van der Waals surface area (Å²) < 4.78 is 62.2. The molecule has 3 aromatic rings. The molecule has 1 atom stereocenters. The zero-order valence-electron chi connectivity index (χ0n) is 23.4. The van der Waals surface area contributed by atoms with Crippen molar-refractivity contribution in [3.63, 3.8) is 0 Å². The molecule has 1 unspecified atom stereocenters. The van der Waals surface area contributed by atoms with E-state index < -0.39 is 39.4 Å². The molecule has 3 heterocycles. The number of alkyl carbamates (subject to hydrolysis) is 1. The van der Waals surface area contributed by atoms with E-state index >= 15 is 4.39 Å². The highest BCUT2D eigenvalue weighted by Gasteiger charge is 2.41. The van der Waals surface area contributed by atoms with Gasteiger partial charge in [-0.2, -0.15) is 0 Å². The number of sulfonamides is 1. The maximum Gasteiger partial charge on any atom is 0.408 e. The molecule has 2 aliphatic rings. The molecule has 13 heteroatoms. The number of ether oxygens (including phenoxy) is 1. The van der Waals surface area contributed by atoms with Gasteiger partial charge in [-0.3, -0.25) is 4.98 Å². The predicted molar refractivity (Wildman–Crippen MR) is 151 cm³/mol. The molecule has 0 radical (unpaired) electrons. The quantitative estimate of drug-likeness (QED) is 0.398. The molecular formula is C28H34F2N6O4S. The van der Waals surface area contributed by atoms with Gasteiger partial charge < -0.3 is 15.4 Å². The number of pyridine rings is 1. The summed E-state index contributed by atoms with van der Waals surface area (Å²) in [7, 11) is -3.23. The highest BCUT2D eigenvalue weighted by molar-refractivity contribution is 7.90. The Bertz CT molecular complexity index is 1570. The molecule has 1 aliphatic carbocycles. The number of nitrogens with zero attached hydrogens (tertiary/aromatic N) is 4. The van der Waals surface area contributed by atoms with Crippen LogP contribution in [0.3, 0.4) is 0 Å². The number of piperidine rings is 1. The lowest BCUT2D eigenvalue weighted by Crippen LogP contribution is -2.43. The van der Waals surface area contributed by atoms with Crippen molar-refractivity contribution >= 4 is 33.0 Å². The van der Waals surface area contributed by atoms with Crippen molar-refractivity contribution in [3.8, 4) is 11.3 Å². The van der Waals surface area contributed by atoms with E-state index in [-0.39, 0.29) is 34.0 Å². The molecule has 0 spiro atoms. The van der Waals surface area contributed by atoms with Crippen LogP contribution in [0, 0.1) is 11.6 Å². The number of halogens is 2. The van der Waals surface area contributed by atoms with E-state index in [1.54, 1.807) is 44.1 Å². The second-order valence-electron chi connectivity index (χ2n) is 11.6. The monoisotopic (exact) mass is 588 g/mol. The summed E-state index contributed by atoms with van der Waals surface area (Å²) >= 11 is 0. The second kappa shape index (κ2) is 11.1. The third-order valence-electron chi connectivity index (χ3n) is 7.14. The standard InChI is InChI=1S/C28H34F2N6O4S/c1-16(33-27(37)40-28(2,3)4)20-7-10-31-25-21(20)13-17(14-22(25)29)24-23(30)15-32-26(35-24)34-18-8-11-36(12-9-18)41(38,39)19-5-6-19/h7,10,13-16,18-19H,5-6,8-9,11-12H2,1-4H3,(H,33,37)(H,32,34,35). The molecule has 1 saturated carbocycles. The minimum Gasteiger partial charge on any atom is -0.444 e. The van der Waals surface area contributed by atoms with Crippen LogP contribution in [-0.2, 0) is 14.8 Å². The third-order valence-corrected chi connectivity index (χ3v) is 9.54. The number of amides is 1. The molecule has 2 fully saturated rings. The molecule has 220 valence electrons. The van der Waals surface area contributed by atoms with Gasteiger partial charge in [-0.05, 0) is 77.1 Å². The smallest absolute Gasteiger partial charge is 0.408 e. The van der Waals surface area contributed by atoms with Gasteiger partial charge in [0.2, 0.25) is 16.0 Å². The van der Waals surface area contributed by atoms with E-state index in [9.17, 15) is 17.6 Å². The molecule has 1 aromatic carbocycles. The molecule has 41 heavy (non-hydrogen) atoms. The number of benzene rings is 1. The van der Waals surface area contributed by atoms with E-state index in [1.165, 1.54) is 12.3 Å². The first-order valence-electron chi connectivity index (χ1n) is 13.7. The van der Waals surface area contributed by atoms with Crippen molar-refractivity contribution in [1.82, 2.24) is 24.6 Å². The number of hydrogen-bond donors (Lipinski definition) is 2. The largest absolute Gasteiger partial charge is 0.444 e. The van der Waals surface area contributed by atoms with Crippen LogP contribution in [0.4, 0.5) is 19.5 Å². The summed E-state index contributed by atoms with van der Waals surface area (Å²) in [4.78, 5) is 24.9. The number of aromatic nitrogens is 3. The first kappa shape index (κ1) is 29.1. The summed E-state index contributed by atoms with van der Waals surface area (Å²) in [5.74, 6) is -1.23. The molecule has 10 nitrogen and oxygen atoms in total. The molecule has 1 saturated heterocycles. The molecule has 1 amide bonds. The summed E-state index contributed by atoms with van der Waals surface area (Å²) in [5, 5.41) is 6.07. The van der Waals surface area contributed by atoms with Gasteiger partial charge in [-0.15, -0.1) is 0 Å². The van der Waals surface area contributed by atoms with Crippen LogP contribution in [0.2, 0.25) is 0 Å². The Labute approximate surface area is 238 Å². The zero-order valence-corrected chi connectivity index (χ0v) is 24.3. The van der Waals surface area contributed by atoms with E-state index in [0.29, 0.717) is 36.9 Å². The fourth-order valence-electron chi connectivity index (χ4n) is 4.96. The molecule has 5 rings (SSSR count). The molecular weight excluding hydrogens is 554 g/mol. The fraction of sp³-hybridized carbons (Fsp3) is 0.500. The Hall–Kier alpha value is -3.45. The fourth-order valence-corrected chi connectivity index (χ4v) is 6.83. The average molecular weight is 589 g/mol. The van der Waals surface area contributed by atoms with Crippen molar-refractivity contribution in [2.24, 2.45) is 0 Å². The maximum absolute atomic E-state index is 15.3. The average Bonchev–Trinajstić information content (AvgIpc) is 3.75. The van der Waals surface area contributed by atoms with E-state index in [0.717, 1.165) is 19.0 Å². The number of carbonyl (C=O) groups excluding carboxylic acids is 1. The van der Waals surface area contributed by atoms with Crippen molar-refractivity contribution in [1.29, 1.82) is 0 Å². The first-order valence-corrected chi connectivity index (χ1v) is 15.2. The normalized spacial score (nSPS) is 17.8. The van der Waals surface area contributed by atoms with Crippen LogP contribution >= 0.6 is 0 Å². The third kappa shape index (κ3) is 6.56. The second-order valence-corrected chi connectivity index (χ2v) is 13.8. The van der Waals surface area contributed by atoms with Crippen molar-refractivity contribution in [3.05, 3.63) is 47.8 Å². The van der Waals surface area contributed by atoms with E-state index in [4.69, 9.17) is 4.74 Å². The summed E-state index contributed by atoms with van der Waals surface area (Å²) in [6.07, 6.45) is 4.41. The van der Waals surface area contributed by atoms with Gasteiger partial charge in [-0.1, -0.05) is 0 Å². The van der Waals surface area contributed by atoms with E-state index in [1.807, 2.05) is 0 Å². The lowest BCUT2D eigenvalue weighted by Gasteiger charge is -2.31. The van der Waals surface area contributed by atoms with Gasteiger partial charge in [0, 0.05) is 36.3 Å². The number of fused-ring (bicyclic) bond motifs is 1. The summed E-state index contributed by atoms with van der Waals surface area (Å²) in [5.41, 5.74) is 0.0408. The Kier molecular flexibility index (Phi) is 7.86. The summed E-state index contributed by atoms with van der Waals surface area (Å²) in [6, 6.07) is 3.76. The van der Waals surface area contributed by atoms with Crippen LogP contribution in [0.25, 0.3) is 22.2 Å². The van der Waals surface area contributed by atoms with Crippen molar-refractivity contribution in [2.45, 2.75) is 76.3 Å². The minimum atomic E-state index is -3.23. The number of anilines is 1.